The molecule has 0 aromatic heterocycles. The molecule has 3 heteroatoms. The zero-order valence-corrected chi connectivity index (χ0v) is 12.7. The fourth-order valence-electron chi connectivity index (χ4n) is 3.14. The second-order valence-electron chi connectivity index (χ2n) is 5.73. The van der Waals surface area contributed by atoms with E-state index in [-0.39, 0.29) is 0 Å². The second-order valence-corrected chi connectivity index (χ2v) is 6.17. The first-order valence-corrected chi connectivity index (χ1v) is 7.74. The van der Waals surface area contributed by atoms with Crippen LogP contribution in [-0.2, 0) is 0 Å². The standard InChI is InChI=1S/C16H25ClN2/c1-3-16(13-6-8-15(17)9-7-13)19-10-4-5-14(11-19)12(2)18/h6-9,12,14,16H,3-5,10-11,18H2,1-2H3. The van der Waals surface area contributed by atoms with Gasteiger partial charge in [-0.15, -0.1) is 0 Å². The lowest BCUT2D eigenvalue weighted by atomic mass is 9.90. The summed E-state index contributed by atoms with van der Waals surface area (Å²) in [7, 11) is 0. The highest BCUT2D eigenvalue weighted by Crippen LogP contribution is 2.30. The van der Waals surface area contributed by atoms with E-state index < -0.39 is 0 Å². The highest BCUT2D eigenvalue weighted by Gasteiger charge is 2.27. The first-order valence-electron chi connectivity index (χ1n) is 7.37. The molecule has 19 heavy (non-hydrogen) atoms. The molecular weight excluding hydrogens is 256 g/mol. The molecule has 1 aliphatic rings. The van der Waals surface area contributed by atoms with Crippen molar-refractivity contribution in [3.8, 4) is 0 Å². The maximum Gasteiger partial charge on any atom is 0.0406 e. The molecule has 0 bridgehead atoms. The summed E-state index contributed by atoms with van der Waals surface area (Å²) in [5.74, 6) is 0.634. The van der Waals surface area contributed by atoms with Crippen LogP contribution in [0.4, 0.5) is 0 Å². The molecular formula is C16H25ClN2. The van der Waals surface area contributed by atoms with Gasteiger partial charge in [0.15, 0.2) is 0 Å². The number of nitrogens with zero attached hydrogens (tertiary/aromatic N) is 1. The van der Waals surface area contributed by atoms with Gasteiger partial charge in [0.2, 0.25) is 0 Å². The van der Waals surface area contributed by atoms with E-state index in [1.165, 1.54) is 24.9 Å². The van der Waals surface area contributed by atoms with Gasteiger partial charge in [-0.3, -0.25) is 4.90 Å². The lowest BCUT2D eigenvalue weighted by molar-refractivity contribution is 0.110. The van der Waals surface area contributed by atoms with Gasteiger partial charge in [0.1, 0.15) is 0 Å². The van der Waals surface area contributed by atoms with Crippen LogP contribution in [0.15, 0.2) is 24.3 Å². The molecule has 2 rings (SSSR count). The molecule has 0 aliphatic carbocycles. The normalized spacial score (nSPS) is 24.1. The van der Waals surface area contributed by atoms with E-state index in [4.69, 9.17) is 17.3 Å². The molecule has 1 aromatic rings. The van der Waals surface area contributed by atoms with E-state index in [2.05, 4.69) is 30.9 Å². The number of rotatable bonds is 4. The zero-order valence-electron chi connectivity index (χ0n) is 12.0. The van der Waals surface area contributed by atoms with E-state index in [1.54, 1.807) is 0 Å². The summed E-state index contributed by atoms with van der Waals surface area (Å²) in [6, 6.07) is 9.10. The molecule has 0 spiro atoms. The summed E-state index contributed by atoms with van der Waals surface area (Å²) in [5.41, 5.74) is 7.46. The highest BCUT2D eigenvalue weighted by molar-refractivity contribution is 6.30. The molecule has 1 aromatic carbocycles. The Morgan fingerprint density at radius 2 is 2.05 bits per heavy atom. The maximum atomic E-state index is 6.09. The summed E-state index contributed by atoms with van der Waals surface area (Å²) in [6.07, 6.45) is 3.66. The Hall–Kier alpha value is -0.570. The van der Waals surface area contributed by atoms with Crippen molar-refractivity contribution in [1.82, 2.24) is 4.90 Å². The number of likely N-dealkylation sites (tertiary alicyclic amines) is 1. The number of benzene rings is 1. The van der Waals surface area contributed by atoms with Gasteiger partial charge in [-0.1, -0.05) is 30.7 Å². The van der Waals surface area contributed by atoms with Gasteiger partial charge in [-0.25, -0.2) is 0 Å². The highest BCUT2D eigenvalue weighted by atomic mass is 35.5. The van der Waals surface area contributed by atoms with Crippen molar-refractivity contribution >= 4 is 11.6 Å². The van der Waals surface area contributed by atoms with Gasteiger partial charge >= 0.3 is 0 Å². The minimum Gasteiger partial charge on any atom is -0.328 e. The first-order chi connectivity index (χ1) is 9.11. The van der Waals surface area contributed by atoms with Gasteiger partial charge in [0, 0.05) is 23.7 Å². The number of nitrogens with two attached hydrogens (primary N) is 1. The molecule has 0 amide bonds. The van der Waals surface area contributed by atoms with E-state index >= 15 is 0 Å². The third kappa shape index (κ3) is 3.71. The molecule has 3 unspecified atom stereocenters. The van der Waals surface area contributed by atoms with Crippen molar-refractivity contribution < 1.29 is 0 Å². The molecule has 2 nitrogen and oxygen atoms in total. The molecule has 1 heterocycles. The number of piperidine rings is 1. The van der Waals surface area contributed by atoms with Crippen LogP contribution in [0.25, 0.3) is 0 Å². The molecule has 1 saturated heterocycles. The summed E-state index contributed by atoms with van der Waals surface area (Å²) in [5, 5.41) is 0.811. The van der Waals surface area contributed by atoms with Crippen LogP contribution in [0.2, 0.25) is 5.02 Å². The van der Waals surface area contributed by atoms with Crippen molar-refractivity contribution in [2.75, 3.05) is 13.1 Å². The van der Waals surface area contributed by atoms with Crippen LogP contribution in [-0.4, -0.2) is 24.0 Å². The summed E-state index contributed by atoms with van der Waals surface area (Å²) in [6.45, 7) is 6.70. The fraction of sp³-hybridized carbons (Fsp3) is 0.625. The molecule has 0 saturated carbocycles. The average Bonchev–Trinajstić information content (AvgIpc) is 2.42. The predicted octanol–water partition coefficient (Wildman–Crippen LogP) is 3.85. The van der Waals surface area contributed by atoms with Gasteiger partial charge in [0.05, 0.1) is 0 Å². The van der Waals surface area contributed by atoms with E-state index in [9.17, 15) is 0 Å². The first kappa shape index (κ1) is 14.8. The van der Waals surface area contributed by atoms with Crippen LogP contribution in [0.3, 0.4) is 0 Å². The molecule has 106 valence electrons. The summed E-state index contributed by atoms with van der Waals surface area (Å²) < 4.78 is 0. The molecule has 2 N–H and O–H groups in total. The Morgan fingerprint density at radius 3 is 2.63 bits per heavy atom. The van der Waals surface area contributed by atoms with E-state index in [1.807, 2.05) is 12.1 Å². The van der Waals surface area contributed by atoms with Crippen LogP contribution < -0.4 is 5.73 Å². The Bertz CT molecular complexity index is 388. The minimum atomic E-state index is 0.297. The van der Waals surface area contributed by atoms with Crippen molar-refractivity contribution in [2.45, 2.75) is 45.2 Å². The quantitative estimate of drug-likeness (QED) is 0.908. The summed E-state index contributed by atoms with van der Waals surface area (Å²) in [4.78, 5) is 2.60. The number of hydrogen-bond donors (Lipinski definition) is 1. The van der Waals surface area contributed by atoms with Gasteiger partial charge < -0.3 is 5.73 Å². The Balaban J connectivity index is 2.10. The average molecular weight is 281 g/mol. The third-order valence-corrected chi connectivity index (χ3v) is 4.57. The third-order valence-electron chi connectivity index (χ3n) is 4.32. The van der Waals surface area contributed by atoms with Gasteiger partial charge in [-0.05, 0) is 56.3 Å². The predicted molar refractivity (Wildman–Crippen MR) is 82.4 cm³/mol. The van der Waals surface area contributed by atoms with Crippen molar-refractivity contribution in [1.29, 1.82) is 0 Å². The fourth-order valence-corrected chi connectivity index (χ4v) is 3.27. The van der Waals surface area contributed by atoms with Crippen molar-refractivity contribution in [3.05, 3.63) is 34.9 Å². The lowest BCUT2D eigenvalue weighted by Crippen LogP contribution is -2.43. The van der Waals surface area contributed by atoms with Crippen LogP contribution in [0, 0.1) is 5.92 Å². The van der Waals surface area contributed by atoms with Gasteiger partial charge in [0.25, 0.3) is 0 Å². The molecule has 1 fully saturated rings. The van der Waals surface area contributed by atoms with Crippen LogP contribution >= 0.6 is 11.6 Å². The maximum absolute atomic E-state index is 6.09. The topological polar surface area (TPSA) is 29.3 Å². The zero-order chi connectivity index (χ0) is 13.8. The van der Waals surface area contributed by atoms with Crippen LogP contribution in [0.5, 0.6) is 0 Å². The molecule has 0 radical (unpaired) electrons. The molecule has 3 atom stereocenters. The smallest absolute Gasteiger partial charge is 0.0406 e. The number of halogens is 1. The van der Waals surface area contributed by atoms with Crippen LogP contribution in [0.1, 0.15) is 44.7 Å². The monoisotopic (exact) mass is 280 g/mol. The number of hydrogen-bond acceptors (Lipinski definition) is 2. The Morgan fingerprint density at radius 1 is 1.37 bits per heavy atom. The Labute approximate surface area is 121 Å². The second kappa shape index (κ2) is 6.74. The molecule has 1 aliphatic heterocycles. The van der Waals surface area contributed by atoms with Gasteiger partial charge in [-0.2, -0.15) is 0 Å². The lowest BCUT2D eigenvalue weighted by Gasteiger charge is -2.39. The minimum absolute atomic E-state index is 0.297. The van der Waals surface area contributed by atoms with Crippen molar-refractivity contribution in [2.24, 2.45) is 11.7 Å². The van der Waals surface area contributed by atoms with Crippen molar-refractivity contribution in [3.63, 3.8) is 0 Å². The summed E-state index contributed by atoms with van der Waals surface area (Å²) >= 11 is 5.98. The van der Waals surface area contributed by atoms with E-state index in [0.717, 1.165) is 18.0 Å². The van der Waals surface area contributed by atoms with E-state index in [0.29, 0.717) is 18.0 Å². The SMILES string of the molecule is CCC(c1ccc(Cl)cc1)N1CCCC(C(C)N)C1. The Kier molecular flexibility index (Phi) is 5.26. The largest absolute Gasteiger partial charge is 0.328 e.